The van der Waals surface area contributed by atoms with Crippen molar-refractivity contribution >= 4 is 56.2 Å². The number of carbonyl (C=O) groups excluding carboxylic acids is 1. The minimum absolute atomic E-state index is 0.0366. The number of rotatable bonds is 14. The first-order chi connectivity index (χ1) is 20.6. The van der Waals surface area contributed by atoms with Crippen LogP contribution in [0.15, 0.2) is 59.5 Å². The number of sulfonamides is 1. The molecule has 1 aliphatic heterocycles. The molecular formula is C33H43Cl2N3O3S2. The molecule has 234 valence electrons. The van der Waals surface area contributed by atoms with E-state index in [0.717, 1.165) is 62.2 Å². The molecule has 4 rings (SSSR count). The average Bonchev–Trinajstić information content (AvgIpc) is 3.34. The third kappa shape index (κ3) is 9.69. The summed E-state index contributed by atoms with van der Waals surface area (Å²) in [7, 11) is -3.88. The highest BCUT2D eigenvalue weighted by Crippen LogP contribution is 2.35. The van der Waals surface area contributed by atoms with E-state index >= 15 is 0 Å². The molecule has 1 amide bonds. The fourth-order valence-corrected chi connectivity index (χ4v) is 8.62. The predicted octanol–water partition coefficient (Wildman–Crippen LogP) is 8.74. The number of benzene rings is 2. The van der Waals surface area contributed by atoms with Crippen LogP contribution in [-0.2, 0) is 23.0 Å². The molecule has 1 aromatic heterocycles. The Morgan fingerprint density at radius 3 is 2.26 bits per heavy atom. The molecular weight excluding hydrogens is 621 g/mol. The van der Waals surface area contributed by atoms with Gasteiger partial charge in [0.15, 0.2) is 0 Å². The number of hydrogen-bond acceptors (Lipinski definition) is 5. The van der Waals surface area contributed by atoms with Crippen LogP contribution in [0.5, 0.6) is 0 Å². The van der Waals surface area contributed by atoms with E-state index in [9.17, 15) is 13.2 Å². The van der Waals surface area contributed by atoms with Crippen LogP contribution in [0.4, 0.5) is 5.69 Å². The van der Waals surface area contributed by atoms with E-state index in [1.54, 1.807) is 12.1 Å². The minimum atomic E-state index is -3.88. The maximum absolute atomic E-state index is 14.0. The summed E-state index contributed by atoms with van der Waals surface area (Å²) in [4.78, 5) is 18.4. The quantitative estimate of drug-likeness (QED) is 0.175. The summed E-state index contributed by atoms with van der Waals surface area (Å²) >= 11 is 13.0. The largest absolute Gasteiger partial charge is 0.331 e. The van der Waals surface area contributed by atoms with Crippen molar-refractivity contribution in [3.05, 3.63) is 80.0 Å². The average molecular weight is 665 g/mol. The molecule has 1 fully saturated rings. The third-order valence-corrected chi connectivity index (χ3v) is 11.2. The molecule has 0 radical (unpaired) electrons. The fraction of sp³-hybridized carbons (Fsp3) is 0.485. The normalized spacial score (nSPS) is 14.7. The summed E-state index contributed by atoms with van der Waals surface area (Å²) in [5.74, 6) is 0.711. The van der Waals surface area contributed by atoms with Gasteiger partial charge >= 0.3 is 0 Å². The van der Waals surface area contributed by atoms with Crippen molar-refractivity contribution in [3.8, 4) is 0 Å². The number of halogens is 2. The molecule has 43 heavy (non-hydrogen) atoms. The summed E-state index contributed by atoms with van der Waals surface area (Å²) in [6.45, 7) is 10.2. The molecule has 3 aromatic rings. The number of nitrogens with zero attached hydrogens (tertiary/aromatic N) is 2. The van der Waals surface area contributed by atoms with Crippen molar-refractivity contribution in [3.63, 3.8) is 0 Å². The van der Waals surface area contributed by atoms with Gasteiger partial charge in [0.1, 0.15) is 9.23 Å². The van der Waals surface area contributed by atoms with Gasteiger partial charge in [0.25, 0.3) is 15.9 Å². The van der Waals surface area contributed by atoms with E-state index in [0.29, 0.717) is 28.0 Å². The lowest BCUT2D eigenvalue weighted by Gasteiger charge is -2.39. The van der Waals surface area contributed by atoms with Gasteiger partial charge in [-0.1, -0.05) is 81.1 Å². The van der Waals surface area contributed by atoms with E-state index in [2.05, 4.69) is 42.5 Å². The standard InChI is InChI=1S/C33H43Cl2N3O3S2/c1-4-5-6-7-25-8-12-27(13-9-25)33(39)38(29-17-20-37(21-18-29)19-16-24(2)3)23-26-10-14-28(15-11-26)36-43(40,41)30-22-31(34)42-32(30)35/h8-15,22,24,29,36H,4-7,16-21,23H2,1-3H3. The van der Waals surface area contributed by atoms with Gasteiger partial charge in [-0.05, 0) is 86.0 Å². The van der Waals surface area contributed by atoms with Gasteiger partial charge in [0.05, 0.1) is 4.34 Å². The molecule has 10 heteroatoms. The first kappa shape index (κ1) is 33.8. The lowest BCUT2D eigenvalue weighted by molar-refractivity contribution is 0.0546. The Labute approximate surface area is 271 Å². The van der Waals surface area contributed by atoms with Gasteiger partial charge < -0.3 is 9.80 Å². The number of unbranched alkanes of at least 4 members (excludes halogenated alkanes) is 2. The Hall–Kier alpha value is -2.10. The Bertz CT molecular complexity index is 1430. The number of piperidine rings is 1. The Balaban J connectivity index is 1.48. The molecule has 2 aromatic carbocycles. The Kier molecular flexibility index (Phi) is 12.4. The smallest absolute Gasteiger partial charge is 0.264 e. The number of carbonyl (C=O) groups is 1. The van der Waals surface area contributed by atoms with Gasteiger partial charge in [-0.15, -0.1) is 11.3 Å². The molecule has 6 nitrogen and oxygen atoms in total. The first-order valence-corrected chi connectivity index (χ1v) is 18.3. The highest BCUT2D eigenvalue weighted by atomic mass is 35.5. The molecule has 0 atom stereocenters. The van der Waals surface area contributed by atoms with E-state index in [4.69, 9.17) is 23.2 Å². The molecule has 0 spiro atoms. The van der Waals surface area contributed by atoms with Crippen molar-refractivity contribution in [1.29, 1.82) is 0 Å². The molecule has 1 saturated heterocycles. The molecule has 1 aliphatic rings. The lowest BCUT2D eigenvalue weighted by Crippen LogP contribution is -2.47. The van der Waals surface area contributed by atoms with E-state index < -0.39 is 10.0 Å². The highest BCUT2D eigenvalue weighted by molar-refractivity contribution is 7.93. The Morgan fingerprint density at radius 1 is 1.02 bits per heavy atom. The number of likely N-dealkylation sites (tertiary alicyclic amines) is 1. The summed E-state index contributed by atoms with van der Waals surface area (Å²) in [6, 6.07) is 16.8. The second-order valence-corrected chi connectivity index (χ2v) is 15.8. The van der Waals surface area contributed by atoms with Crippen molar-refractivity contribution < 1.29 is 13.2 Å². The zero-order valence-corrected chi connectivity index (χ0v) is 28.5. The minimum Gasteiger partial charge on any atom is -0.331 e. The molecule has 1 N–H and O–H groups in total. The van der Waals surface area contributed by atoms with Crippen molar-refractivity contribution in [2.24, 2.45) is 5.92 Å². The number of amides is 1. The molecule has 0 saturated carbocycles. The summed E-state index contributed by atoms with van der Waals surface area (Å²) in [5.41, 5.74) is 3.32. The summed E-state index contributed by atoms with van der Waals surface area (Å²) in [6.07, 6.45) is 7.63. The molecule has 0 aliphatic carbocycles. The second-order valence-electron chi connectivity index (χ2n) is 11.8. The topological polar surface area (TPSA) is 69.7 Å². The lowest BCUT2D eigenvalue weighted by atomic mass is 9.99. The maximum atomic E-state index is 14.0. The van der Waals surface area contributed by atoms with Crippen LogP contribution in [0.25, 0.3) is 0 Å². The summed E-state index contributed by atoms with van der Waals surface area (Å²) in [5, 5.41) is 0. The SMILES string of the molecule is CCCCCc1ccc(C(=O)N(Cc2ccc(NS(=O)(=O)c3cc(Cl)sc3Cl)cc2)C2CCN(CCC(C)C)CC2)cc1. The number of nitrogens with one attached hydrogen (secondary N) is 1. The highest BCUT2D eigenvalue weighted by Gasteiger charge is 2.29. The molecule has 0 unspecified atom stereocenters. The first-order valence-electron chi connectivity index (χ1n) is 15.2. The van der Waals surface area contributed by atoms with Gasteiger partial charge in [0.2, 0.25) is 0 Å². The van der Waals surface area contributed by atoms with E-state index in [1.807, 2.05) is 29.2 Å². The maximum Gasteiger partial charge on any atom is 0.264 e. The van der Waals surface area contributed by atoms with Crippen LogP contribution in [-0.4, -0.2) is 49.8 Å². The van der Waals surface area contributed by atoms with E-state index in [-0.39, 0.29) is 21.2 Å². The van der Waals surface area contributed by atoms with Gasteiger partial charge in [-0.3, -0.25) is 9.52 Å². The number of anilines is 1. The zero-order chi connectivity index (χ0) is 31.0. The monoisotopic (exact) mass is 663 g/mol. The van der Waals surface area contributed by atoms with Gasteiger partial charge in [-0.25, -0.2) is 8.42 Å². The fourth-order valence-electron chi connectivity index (χ4n) is 5.41. The van der Waals surface area contributed by atoms with Crippen LogP contribution in [0.2, 0.25) is 8.67 Å². The number of hydrogen-bond donors (Lipinski definition) is 1. The van der Waals surface area contributed by atoms with Gasteiger partial charge in [-0.2, -0.15) is 0 Å². The van der Waals surface area contributed by atoms with Crippen LogP contribution >= 0.6 is 34.5 Å². The molecule has 0 bridgehead atoms. The third-order valence-electron chi connectivity index (χ3n) is 8.03. The summed E-state index contributed by atoms with van der Waals surface area (Å²) < 4.78 is 28.7. The Morgan fingerprint density at radius 2 is 1.67 bits per heavy atom. The van der Waals surface area contributed by atoms with Crippen molar-refractivity contribution in [2.75, 3.05) is 24.4 Å². The van der Waals surface area contributed by atoms with Crippen LogP contribution in [0.1, 0.15) is 80.8 Å². The predicted molar refractivity (Wildman–Crippen MR) is 180 cm³/mol. The van der Waals surface area contributed by atoms with Crippen LogP contribution in [0.3, 0.4) is 0 Å². The van der Waals surface area contributed by atoms with Crippen molar-refractivity contribution in [1.82, 2.24) is 9.80 Å². The zero-order valence-electron chi connectivity index (χ0n) is 25.3. The number of aryl methyl sites for hydroxylation is 1. The van der Waals surface area contributed by atoms with Gasteiger partial charge in [0, 0.05) is 36.9 Å². The second kappa shape index (κ2) is 15.8. The van der Waals surface area contributed by atoms with E-state index in [1.165, 1.54) is 30.9 Å². The van der Waals surface area contributed by atoms with Crippen molar-refractivity contribution in [2.45, 2.75) is 83.2 Å². The number of thiophene rings is 1. The van der Waals surface area contributed by atoms with Crippen LogP contribution < -0.4 is 4.72 Å². The van der Waals surface area contributed by atoms with Crippen LogP contribution in [0, 0.1) is 5.92 Å². The molecule has 2 heterocycles.